The summed E-state index contributed by atoms with van der Waals surface area (Å²) in [5.74, 6) is 0.560. The van der Waals surface area contributed by atoms with E-state index >= 15 is 0 Å². The predicted octanol–water partition coefficient (Wildman–Crippen LogP) is 6.31. The zero-order valence-corrected chi connectivity index (χ0v) is 13.6. The largest absolute Gasteiger partial charge is 0.276 e. The number of rotatable bonds is 10. The van der Waals surface area contributed by atoms with Gasteiger partial charge in [-0.15, -0.1) is 0 Å². The molecule has 0 saturated heterocycles. The third-order valence-electron chi connectivity index (χ3n) is 3.95. The molecule has 0 heterocycles. The Morgan fingerprint density at radius 1 is 1.00 bits per heavy atom. The van der Waals surface area contributed by atoms with Crippen LogP contribution in [0.2, 0.25) is 0 Å². The van der Waals surface area contributed by atoms with Crippen LogP contribution < -0.4 is 0 Å². The van der Waals surface area contributed by atoms with E-state index in [0.29, 0.717) is 11.5 Å². The monoisotopic (exact) mass is 294 g/mol. The van der Waals surface area contributed by atoms with Crippen LogP contribution in [0.3, 0.4) is 0 Å². The van der Waals surface area contributed by atoms with Gasteiger partial charge in [0.2, 0.25) is 0 Å². The summed E-state index contributed by atoms with van der Waals surface area (Å²) in [5.41, 5.74) is 1.89. The maximum atomic E-state index is 11.0. The number of halogens is 1. The molecule has 0 bridgehead atoms. The number of unbranched alkanes of at least 4 members (excludes halogenated alkanes) is 6. The van der Waals surface area contributed by atoms with Crippen LogP contribution in [0, 0.1) is 0 Å². The van der Waals surface area contributed by atoms with E-state index in [1.807, 2.05) is 24.3 Å². The second kappa shape index (κ2) is 9.99. The molecule has 1 rings (SSSR count). The highest BCUT2D eigenvalue weighted by molar-refractivity contribution is 6.67. The fourth-order valence-corrected chi connectivity index (χ4v) is 2.64. The lowest BCUT2D eigenvalue weighted by atomic mass is 9.94. The third kappa shape index (κ3) is 6.56. The molecule has 1 nitrogen and oxygen atoms in total. The number of hydrogen-bond donors (Lipinski definition) is 0. The molecule has 112 valence electrons. The molecule has 1 aromatic rings. The summed E-state index contributed by atoms with van der Waals surface area (Å²) in [4.78, 5) is 11.0. The van der Waals surface area contributed by atoms with Crippen LogP contribution in [0.1, 0.15) is 87.1 Å². The zero-order chi connectivity index (χ0) is 14.8. The van der Waals surface area contributed by atoms with Crippen molar-refractivity contribution in [3.05, 3.63) is 35.4 Å². The van der Waals surface area contributed by atoms with Crippen molar-refractivity contribution in [2.45, 2.75) is 71.1 Å². The Labute approximate surface area is 128 Å². The second-order valence-electron chi connectivity index (χ2n) is 5.71. The summed E-state index contributed by atoms with van der Waals surface area (Å²) in [7, 11) is 0. The van der Waals surface area contributed by atoms with E-state index in [0.717, 1.165) is 0 Å². The number of hydrogen-bond acceptors (Lipinski definition) is 1. The lowest BCUT2D eigenvalue weighted by molar-refractivity contribution is 0.108. The number of carbonyl (C=O) groups excluding carboxylic acids is 1. The summed E-state index contributed by atoms with van der Waals surface area (Å²) >= 11 is 5.45. The molecule has 0 radical (unpaired) electrons. The van der Waals surface area contributed by atoms with E-state index in [2.05, 4.69) is 13.8 Å². The first-order chi connectivity index (χ1) is 9.65. The molecule has 0 spiro atoms. The molecule has 0 aromatic heterocycles. The lowest BCUT2D eigenvalue weighted by Crippen LogP contribution is -1.95. The van der Waals surface area contributed by atoms with Gasteiger partial charge >= 0.3 is 0 Å². The highest BCUT2D eigenvalue weighted by Crippen LogP contribution is 2.23. The Kier molecular flexibility index (Phi) is 8.60. The zero-order valence-electron chi connectivity index (χ0n) is 12.8. The third-order valence-corrected chi connectivity index (χ3v) is 4.17. The van der Waals surface area contributed by atoms with Gasteiger partial charge in [0.05, 0.1) is 0 Å². The summed E-state index contributed by atoms with van der Waals surface area (Å²) in [5, 5.41) is -0.378. The van der Waals surface area contributed by atoms with Gasteiger partial charge < -0.3 is 0 Å². The summed E-state index contributed by atoms with van der Waals surface area (Å²) < 4.78 is 0. The Morgan fingerprint density at radius 3 is 2.10 bits per heavy atom. The van der Waals surface area contributed by atoms with Crippen molar-refractivity contribution in [3.63, 3.8) is 0 Å². The van der Waals surface area contributed by atoms with E-state index in [1.165, 1.54) is 56.9 Å². The van der Waals surface area contributed by atoms with Crippen molar-refractivity contribution >= 4 is 16.8 Å². The quantitative estimate of drug-likeness (QED) is 0.365. The molecule has 1 atom stereocenters. The van der Waals surface area contributed by atoms with Crippen molar-refractivity contribution in [2.75, 3.05) is 0 Å². The standard InChI is InChI=1S/C18H27ClO/c1-3-4-5-6-7-8-9-10-15(2)16-11-13-17(14-12-16)18(19)20/h11-15H,3-10H2,1-2H3/t15-/m1/s1. The van der Waals surface area contributed by atoms with E-state index < -0.39 is 0 Å². The van der Waals surface area contributed by atoms with E-state index in [4.69, 9.17) is 11.6 Å². The van der Waals surface area contributed by atoms with Gasteiger partial charge in [-0.3, -0.25) is 4.79 Å². The first-order valence-electron chi connectivity index (χ1n) is 7.95. The molecule has 0 saturated carbocycles. The fourth-order valence-electron chi connectivity index (χ4n) is 2.52. The van der Waals surface area contributed by atoms with E-state index in [9.17, 15) is 4.79 Å². The maximum absolute atomic E-state index is 11.0. The number of benzene rings is 1. The minimum absolute atomic E-state index is 0.378. The van der Waals surface area contributed by atoms with Gasteiger partial charge in [-0.2, -0.15) is 0 Å². The minimum atomic E-state index is -0.378. The van der Waals surface area contributed by atoms with Crippen LogP contribution in [0.25, 0.3) is 0 Å². The molecule has 2 heteroatoms. The van der Waals surface area contributed by atoms with Crippen LogP contribution in [0.15, 0.2) is 24.3 Å². The SMILES string of the molecule is CCCCCCCCC[C@@H](C)c1ccc(C(=O)Cl)cc1. The van der Waals surface area contributed by atoms with E-state index in [-0.39, 0.29) is 5.24 Å². The van der Waals surface area contributed by atoms with Crippen LogP contribution in [-0.2, 0) is 0 Å². The average Bonchev–Trinajstić information content (AvgIpc) is 2.46. The molecule has 1 aromatic carbocycles. The Balaban J connectivity index is 2.22. The fraction of sp³-hybridized carbons (Fsp3) is 0.611. The molecular formula is C18H27ClO. The molecule has 0 fully saturated rings. The first-order valence-corrected chi connectivity index (χ1v) is 8.32. The van der Waals surface area contributed by atoms with Crippen molar-refractivity contribution in [1.82, 2.24) is 0 Å². The van der Waals surface area contributed by atoms with Gasteiger partial charge in [0.25, 0.3) is 5.24 Å². The summed E-state index contributed by atoms with van der Waals surface area (Å²) in [6.07, 6.45) is 10.7. The Hall–Kier alpha value is -0.820. The van der Waals surface area contributed by atoms with Crippen LogP contribution in [0.4, 0.5) is 0 Å². The van der Waals surface area contributed by atoms with Gasteiger partial charge in [-0.1, -0.05) is 70.9 Å². The molecular weight excluding hydrogens is 268 g/mol. The normalized spacial score (nSPS) is 12.3. The van der Waals surface area contributed by atoms with Gasteiger partial charge in [0.1, 0.15) is 0 Å². The van der Waals surface area contributed by atoms with Gasteiger partial charge in [0, 0.05) is 5.56 Å². The minimum Gasteiger partial charge on any atom is -0.276 e. The smallest absolute Gasteiger partial charge is 0.252 e. The van der Waals surface area contributed by atoms with Crippen molar-refractivity contribution in [2.24, 2.45) is 0 Å². The van der Waals surface area contributed by atoms with E-state index in [1.54, 1.807) is 0 Å². The average molecular weight is 295 g/mol. The molecule has 0 aliphatic heterocycles. The second-order valence-corrected chi connectivity index (χ2v) is 6.05. The van der Waals surface area contributed by atoms with Crippen molar-refractivity contribution in [3.8, 4) is 0 Å². The van der Waals surface area contributed by atoms with Crippen LogP contribution in [0.5, 0.6) is 0 Å². The van der Waals surface area contributed by atoms with Gasteiger partial charge in [-0.25, -0.2) is 0 Å². The molecule has 0 aliphatic rings. The molecule has 0 N–H and O–H groups in total. The lowest BCUT2D eigenvalue weighted by Gasteiger charge is -2.12. The summed E-state index contributed by atoms with van der Waals surface area (Å²) in [6, 6.07) is 7.71. The molecule has 0 unspecified atom stereocenters. The van der Waals surface area contributed by atoms with Gasteiger partial charge in [0.15, 0.2) is 0 Å². The molecule has 0 aliphatic carbocycles. The molecule has 20 heavy (non-hydrogen) atoms. The van der Waals surface area contributed by atoms with Crippen LogP contribution in [-0.4, -0.2) is 5.24 Å². The molecule has 0 amide bonds. The van der Waals surface area contributed by atoms with Gasteiger partial charge in [-0.05, 0) is 41.6 Å². The highest BCUT2D eigenvalue weighted by atomic mass is 35.5. The van der Waals surface area contributed by atoms with Crippen molar-refractivity contribution in [1.29, 1.82) is 0 Å². The number of carbonyl (C=O) groups is 1. The topological polar surface area (TPSA) is 17.1 Å². The Bertz CT molecular complexity index is 383. The Morgan fingerprint density at radius 2 is 1.55 bits per heavy atom. The highest BCUT2D eigenvalue weighted by Gasteiger charge is 2.07. The predicted molar refractivity (Wildman–Crippen MR) is 87.7 cm³/mol. The van der Waals surface area contributed by atoms with Crippen molar-refractivity contribution < 1.29 is 4.79 Å². The first kappa shape index (κ1) is 17.2. The summed E-state index contributed by atoms with van der Waals surface area (Å²) in [6.45, 7) is 4.51. The maximum Gasteiger partial charge on any atom is 0.252 e. The van der Waals surface area contributed by atoms with Crippen LogP contribution >= 0.6 is 11.6 Å².